The number of likely N-dealkylation sites (N-methyl/N-ethyl adjacent to an activating group) is 1. The van der Waals surface area contributed by atoms with Gasteiger partial charge in [0, 0.05) is 19.4 Å². The zero-order valence-corrected chi connectivity index (χ0v) is 36.9. The molecule has 0 radical (unpaired) electrons. The molecule has 57 heavy (non-hydrogen) atoms. The fourth-order valence-corrected chi connectivity index (χ4v) is 5.82. The number of phosphoric acid groups is 1. The number of phosphoric ester groups is 1. The number of unbranched alkanes of at least 4 members (excludes halogenated alkanes) is 8. The number of nitrogens with zero attached hydrogens (tertiary/aromatic N) is 1. The van der Waals surface area contributed by atoms with Gasteiger partial charge in [-0.2, -0.15) is 0 Å². The predicted molar refractivity (Wildman–Crippen MR) is 238 cm³/mol. The first-order chi connectivity index (χ1) is 27.7. The van der Waals surface area contributed by atoms with Crippen molar-refractivity contribution in [2.24, 2.45) is 0 Å². The molecule has 0 aromatic heterocycles. The fourth-order valence-electron chi connectivity index (χ4n) is 5.08. The van der Waals surface area contributed by atoms with Crippen LogP contribution in [0.2, 0.25) is 0 Å². The van der Waals surface area contributed by atoms with Crippen LogP contribution in [0.15, 0.2) is 97.2 Å². The zero-order valence-electron chi connectivity index (χ0n) is 36.0. The number of rotatable bonds is 38. The lowest BCUT2D eigenvalue weighted by molar-refractivity contribution is -0.161. The molecular weight excluding hydrogens is 737 g/mol. The zero-order chi connectivity index (χ0) is 41.9. The molecule has 0 aromatic rings. The normalized spacial score (nSPS) is 14.4. The third kappa shape index (κ3) is 42.4. The summed E-state index contributed by atoms with van der Waals surface area (Å²) < 4.78 is 33.4. The molecule has 324 valence electrons. The van der Waals surface area contributed by atoms with E-state index >= 15 is 0 Å². The molecule has 0 aliphatic heterocycles. The largest absolute Gasteiger partial charge is 0.472 e. The third-order valence-electron chi connectivity index (χ3n) is 8.37. The van der Waals surface area contributed by atoms with Crippen molar-refractivity contribution in [3.05, 3.63) is 97.2 Å². The molecule has 9 nitrogen and oxygen atoms in total. The first kappa shape index (κ1) is 53.9. The van der Waals surface area contributed by atoms with Crippen LogP contribution in [0.25, 0.3) is 0 Å². The summed E-state index contributed by atoms with van der Waals surface area (Å²) in [6.07, 6.45) is 51.7. The lowest BCUT2D eigenvalue weighted by Crippen LogP contribution is -2.29. The molecule has 0 bridgehead atoms. The van der Waals surface area contributed by atoms with Gasteiger partial charge in [-0.15, -0.1) is 0 Å². The molecule has 2 atom stereocenters. The van der Waals surface area contributed by atoms with E-state index in [0.717, 1.165) is 70.6 Å². The summed E-state index contributed by atoms with van der Waals surface area (Å²) in [5.74, 6) is -0.907. The predicted octanol–water partition coefficient (Wildman–Crippen LogP) is 12.4. The number of carbonyl (C=O) groups excluding carboxylic acids is 2. The number of ether oxygens (including phenoxy) is 2. The summed E-state index contributed by atoms with van der Waals surface area (Å²) in [5.41, 5.74) is 0. The van der Waals surface area contributed by atoms with E-state index in [0.29, 0.717) is 25.8 Å². The Labute approximate surface area is 347 Å². The van der Waals surface area contributed by atoms with Crippen molar-refractivity contribution in [3.8, 4) is 0 Å². The molecular formula is C47H78NO8P. The molecule has 0 rings (SSSR count). The van der Waals surface area contributed by atoms with Crippen molar-refractivity contribution in [1.29, 1.82) is 0 Å². The molecule has 0 saturated carbocycles. The van der Waals surface area contributed by atoms with Gasteiger partial charge in [-0.05, 0) is 104 Å². The standard InChI is InChI=1S/C47H78NO8P/c1-5-7-9-11-13-15-17-19-21-23-25-27-29-31-33-35-37-39-46(49)53-43-45(44-55-57(51,52)54-42-41-48(3)4)56-47(50)40-38-36-34-32-30-28-26-24-22-20-18-16-14-12-10-8-6-2/h8,10,13-16,19-22,25-28,32,34,45H,5-7,9,11-12,17-18,23-24,29-31,33,35-44H2,1-4H3,(H,51,52)/b10-8-,15-13-,16-14-,21-19-,22-20-,27-25-,28-26-,34-32-. The maximum atomic E-state index is 12.6. The number of allylic oxidation sites excluding steroid dienone is 16. The molecule has 0 aliphatic carbocycles. The first-order valence-corrected chi connectivity index (χ1v) is 23.0. The van der Waals surface area contributed by atoms with Crippen LogP contribution < -0.4 is 0 Å². The van der Waals surface area contributed by atoms with Gasteiger partial charge in [0.2, 0.25) is 0 Å². The lowest BCUT2D eigenvalue weighted by Gasteiger charge is -2.20. The molecule has 0 heterocycles. The number of hydrogen-bond donors (Lipinski definition) is 1. The van der Waals surface area contributed by atoms with Crippen LogP contribution in [0.3, 0.4) is 0 Å². The van der Waals surface area contributed by atoms with Crippen LogP contribution >= 0.6 is 7.82 Å². The van der Waals surface area contributed by atoms with Gasteiger partial charge >= 0.3 is 19.8 Å². The van der Waals surface area contributed by atoms with Gasteiger partial charge in [-0.3, -0.25) is 18.6 Å². The van der Waals surface area contributed by atoms with Gasteiger partial charge in [-0.1, -0.05) is 137 Å². The van der Waals surface area contributed by atoms with Crippen LogP contribution in [0.5, 0.6) is 0 Å². The second-order valence-electron chi connectivity index (χ2n) is 14.1. The van der Waals surface area contributed by atoms with Crippen LogP contribution in [0.1, 0.15) is 142 Å². The minimum Gasteiger partial charge on any atom is -0.462 e. The average Bonchev–Trinajstić information content (AvgIpc) is 3.18. The summed E-state index contributed by atoms with van der Waals surface area (Å²) in [6, 6.07) is 0. The highest BCUT2D eigenvalue weighted by Gasteiger charge is 2.26. The Hall–Kier alpha value is -3.07. The minimum absolute atomic E-state index is 0.0129. The highest BCUT2D eigenvalue weighted by atomic mass is 31.2. The molecule has 0 fully saturated rings. The first-order valence-electron chi connectivity index (χ1n) is 21.5. The van der Waals surface area contributed by atoms with E-state index in [9.17, 15) is 19.0 Å². The highest BCUT2D eigenvalue weighted by molar-refractivity contribution is 7.47. The van der Waals surface area contributed by atoms with Crippen molar-refractivity contribution in [1.82, 2.24) is 4.90 Å². The van der Waals surface area contributed by atoms with E-state index in [2.05, 4.69) is 105 Å². The summed E-state index contributed by atoms with van der Waals surface area (Å²) in [4.78, 5) is 37.0. The van der Waals surface area contributed by atoms with E-state index < -0.39 is 32.5 Å². The maximum Gasteiger partial charge on any atom is 0.472 e. The Morgan fingerprint density at radius 2 is 1.02 bits per heavy atom. The van der Waals surface area contributed by atoms with Crippen LogP contribution in [0.4, 0.5) is 0 Å². The van der Waals surface area contributed by atoms with Crippen molar-refractivity contribution in [3.63, 3.8) is 0 Å². The number of hydrogen-bond acceptors (Lipinski definition) is 8. The van der Waals surface area contributed by atoms with Crippen LogP contribution in [-0.2, 0) is 32.7 Å². The van der Waals surface area contributed by atoms with Crippen molar-refractivity contribution in [2.75, 3.05) is 40.5 Å². The number of carbonyl (C=O) groups is 2. The molecule has 0 aromatic carbocycles. The van der Waals surface area contributed by atoms with Gasteiger partial charge in [0.25, 0.3) is 0 Å². The number of esters is 2. The van der Waals surface area contributed by atoms with Gasteiger partial charge in [-0.25, -0.2) is 4.57 Å². The molecule has 1 N–H and O–H groups in total. The smallest absolute Gasteiger partial charge is 0.462 e. The van der Waals surface area contributed by atoms with Crippen molar-refractivity contribution in [2.45, 2.75) is 148 Å². The van der Waals surface area contributed by atoms with Gasteiger partial charge < -0.3 is 19.3 Å². The van der Waals surface area contributed by atoms with E-state index in [-0.39, 0.29) is 26.1 Å². The summed E-state index contributed by atoms with van der Waals surface area (Å²) in [6.45, 7) is 4.06. The topological polar surface area (TPSA) is 112 Å². The minimum atomic E-state index is -4.39. The van der Waals surface area contributed by atoms with E-state index in [1.807, 2.05) is 20.2 Å². The molecule has 2 unspecified atom stereocenters. The Bertz CT molecular complexity index is 1260. The quantitative estimate of drug-likeness (QED) is 0.0282. The van der Waals surface area contributed by atoms with Gasteiger partial charge in [0.1, 0.15) is 6.61 Å². The lowest BCUT2D eigenvalue weighted by atomic mass is 10.1. The Balaban J connectivity index is 4.47. The Morgan fingerprint density at radius 1 is 0.561 bits per heavy atom. The highest BCUT2D eigenvalue weighted by Crippen LogP contribution is 2.43. The second-order valence-corrected chi connectivity index (χ2v) is 15.6. The summed E-state index contributed by atoms with van der Waals surface area (Å²) in [5, 5.41) is 0. The third-order valence-corrected chi connectivity index (χ3v) is 9.36. The van der Waals surface area contributed by atoms with Crippen molar-refractivity contribution < 1.29 is 37.6 Å². The van der Waals surface area contributed by atoms with Crippen LogP contribution in [0, 0.1) is 0 Å². The molecule has 0 spiro atoms. The van der Waals surface area contributed by atoms with Gasteiger partial charge in [0.15, 0.2) is 6.10 Å². The Kier molecular flexibility index (Phi) is 38.9. The van der Waals surface area contributed by atoms with E-state index in [1.165, 1.54) is 25.7 Å². The monoisotopic (exact) mass is 816 g/mol. The van der Waals surface area contributed by atoms with Crippen molar-refractivity contribution >= 4 is 19.8 Å². The second kappa shape index (κ2) is 41.1. The van der Waals surface area contributed by atoms with E-state index in [1.54, 1.807) is 4.90 Å². The Morgan fingerprint density at radius 3 is 1.53 bits per heavy atom. The molecule has 0 saturated heterocycles. The van der Waals surface area contributed by atoms with Crippen LogP contribution in [-0.4, -0.2) is 68.3 Å². The summed E-state index contributed by atoms with van der Waals surface area (Å²) >= 11 is 0. The molecule has 10 heteroatoms. The SMILES string of the molecule is CC/C=C\C/C=C\C/C=C\C/C=C\C/C=C\CCCC(=O)OC(COC(=O)CCCCCC/C=C\C/C=C\C/C=C\CCCCC)COP(=O)(O)OCCN(C)C. The van der Waals surface area contributed by atoms with E-state index in [4.69, 9.17) is 18.5 Å². The van der Waals surface area contributed by atoms with Gasteiger partial charge in [0.05, 0.1) is 13.2 Å². The average molecular weight is 816 g/mol. The summed E-state index contributed by atoms with van der Waals surface area (Å²) in [7, 11) is -0.766. The fraction of sp³-hybridized carbons (Fsp3) is 0.617. The molecule has 0 amide bonds. The maximum absolute atomic E-state index is 12.6. The molecule has 0 aliphatic rings.